The summed E-state index contributed by atoms with van der Waals surface area (Å²) in [5, 5.41) is 2.82. The molecule has 150 valence electrons. The monoisotopic (exact) mass is 404 g/mol. The second kappa shape index (κ2) is 8.62. The SMILES string of the molecule is CCOc1ccccc1NC(=O)[C@@H]1CCCN1S(=O)(=O)c1ccc(OC)cc1. The fraction of sp³-hybridized carbons (Fsp3) is 0.350. The third-order valence-corrected chi connectivity index (χ3v) is 6.54. The van der Waals surface area contributed by atoms with Crippen molar-refractivity contribution >= 4 is 21.6 Å². The van der Waals surface area contributed by atoms with Crippen LogP contribution in [0.25, 0.3) is 0 Å². The summed E-state index contributed by atoms with van der Waals surface area (Å²) in [7, 11) is -2.27. The molecule has 1 aliphatic heterocycles. The van der Waals surface area contributed by atoms with Gasteiger partial charge in [0, 0.05) is 6.54 Å². The Hall–Kier alpha value is -2.58. The van der Waals surface area contributed by atoms with Gasteiger partial charge in [-0.1, -0.05) is 12.1 Å². The highest BCUT2D eigenvalue weighted by Gasteiger charge is 2.39. The Morgan fingerprint density at radius 1 is 1.18 bits per heavy atom. The number of carbonyl (C=O) groups excluding carboxylic acids is 1. The highest BCUT2D eigenvalue weighted by atomic mass is 32.2. The molecule has 0 unspecified atom stereocenters. The first-order valence-corrected chi connectivity index (χ1v) is 10.6. The van der Waals surface area contributed by atoms with Gasteiger partial charge >= 0.3 is 0 Å². The van der Waals surface area contributed by atoms with Gasteiger partial charge in [-0.15, -0.1) is 0 Å². The Bertz CT molecular complexity index is 928. The average molecular weight is 404 g/mol. The molecular weight excluding hydrogens is 380 g/mol. The normalized spacial score (nSPS) is 17.3. The molecule has 0 spiro atoms. The number of nitrogens with zero attached hydrogens (tertiary/aromatic N) is 1. The van der Waals surface area contributed by atoms with Crippen LogP contribution in [-0.4, -0.2) is 44.9 Å². The molecule has 1 fully saturated rings. The van der Waals surface area contributed by atoms with Gasteiger partial charge in [-0.2, -0.15) is 4.31 Å². The zero-order valence-electron chi connectivity index (χ0n) is 15.9. The molecule has 0 aromatic heterocycles. The van der Waals surface area contributed by atoms with Gasteiger partial charge in [-0.3, -0.25) is 4.79 Å². The van der Waals surface area contributed by atoms with Gasteiger partial charge in [0.25, 0.3) is 0 Å². The van der Waals surface area contributed by atoms with Crippen LogP contribution in [0.4, 0.5) is 5.69 Å². The van der Waals surface area contributed by atoms with Crippen molar-refractivity contribution in [2.24, 2.45) is 0 Å². The molecule has 28 heavy (non-hydrogen) atoms. The van der Waals surface area contributed by atoms with E-state index in [1.54, 1.807) is 30.3 Å². The Balaban J connectivity index is 1.81. The lowest BCUT2D eigenvalue weighted by Crippen LogP contribution is -2.43. The summed E-state index contributed by atoms with van der Waals surface area (Å²) >= 11 is 0. The maximum absolute atomic E-state index is 13.1. The second-order valence-electron chi connectivity index (χ2n) is 6.37. The number of carbonyl (C=O) groups is 1. The molecule has 0 aliphatic carbocycles. The molecule has 1 atom stereocenters. The first-order chi connectivity index (χ1) is 13.5. The van der Waals surface area contributed by atoms with Gasteiger partial charge in [0.1, 0.15) is 17.5 Å². The Labute approximate surface area is 165 Å². The number of sulfonamides is 1. The maximum Gasteiger partial charge on any atom is 0.243 e. The zero-order chi connectivity index (χ0) is 20.1. The highest BCUT2D eigenvalue weighted by Crippen LogP contribution is 2.29. The number of hydrogen-bond donors (Lipinski definition) is 1. The van der Waals surface area contributed by atoms with Crippen LogP contribution < -0.4 is 14.8 Å². The predicted octanol–water partition coefficient (Wildman–Crippen LogP) is 2.89. The number of methoxy groups -OCH3 is 1. The van der Waals surface area contributed by atoms with Crippen molar-refractivity contribution in [1.29, 1.82) is 0 Å². The maximum atomic E-state index is 13.1. The molecule has 1 aliphatic rings. The quantitative estimate of drug-likeness (QED) is 0.767. The van der Waals surface area contributed by atoms with Gasteiger partial charge in [-0.25, -0.2) is 8.42 Å². The average Bonchev–Trinajstić information content (AvgIpc) is 3.21. The molecule has 1 saturated heterocycles. The van der Waals surface area contributed by atoms with Gasteiger partial charge in [-0.05, 0) is 56.2 Å². The lowest BCUT2D eigenvalue weighted by molar-refractivity contribution is -0.119. The molecule has 0 radical (unpaired) electrons. The van der Waals surface area contributed by atoms with Crippen LogP contribution in [0.5, 0.6) is 11.5 Å². The number of ether oxygens (including phenoxy) is 2. The zero-order valence-corrected chi connectivity index (χ0v) is 16.7. The Morgan fingerprint density at radius 3 is 2.57 bits per heavy atom. The molecule has 2 aromatic carbocycles. The van der Waals surface area contributed by atoms with Crippen LogP contribution in [-0.2, 0) is 14.8 Å². The molecule has 7 nitrogen and oxygen atoms in total. The topological polar surface area (TPSA) is 84.9 Å². The summed E-state index contributed by atoms with van der Waals surface area (Å²) < 4.78 is 38.0. The van der Waals surface area contributed by atoms with E-state index in [-0.39, 0.29) is 10.8 Å². The molecule has 2 aromatic rings. The number of para-hydroxylation sites is 2. The predicted molar refractivity (Wildman–Crippen MR) is 106 cm³/mol. The van der Waals surface area contributed by atoms with Gasteiger partial charge in [0.15, 0.2) is 0 Å². The third-order valence-electron chi connectivity index (χ3n) is 4.62. The van der Waals surface area contributed by atoms with Crippen LogP contribution >= 0.6 is 0 Å². The van der Waals surface area contributed by atoms with E-state index < -0.39 is 16.1 Å². The lowest BCUT2D eigenvalue weighted by Gasteiger charge is -2.24. The van der Waals surface area contributed by atoms with Crippen molar-refractivity contribution in [1.82, 2.24) is 4.31 Å². The van der Waals surface area contributed by atoms with Gasteiger partial charge in [0.2, 0.25) is 15.9 Å². The number of amides is 1. The smallest absolute Gasteiger partial charge is 0.243 e. The molecule has 1 heterocycles. The third kappa shape index (κ3) is 4.13. The summed E-state index contributed by atoms with van der Waals surface area (Å²) in [5.41, 5.74) is 0.531. The van der Waals surface area contributed by atoms with E-state index >= 15 is 0 Å². The molecule has 0 bridgehead atoms. The number of benzene rings is 2. The van der Waals surface area contributed by atoms with Crippen molar-refractivity contribution in [3.05, 3.63) is 48.5 Å². The first kappa shape index (κ1) is 20.2. The van der Waals surface area contributed by atoms with Crippen molar-refractivity contribution in [2.75, 3.05) is 25.6 Å². The lowest BCUT2D eigenvalue weighted by atomic mass is 10.2. The highest BCUT2D eigenvalue weighted by molar-refractivity contribution is 7.89. The van der Waals surface area contributed by atoms with Crippen LogP contribution in [0.15, 0.2) is 53.4 Å². The fourth-order valence-electron chi connectivity index (χ4n) is 3.24. The summed E-state index contributed by atoms with van der Waals surface area (Å²) in [4.78, 5) is 13.0. The van der Waals surface area contributed by atoms with Crippen molar-refractivity contribution in [3.8, 4) is 11.5 Å². The molecule has 1 N–H and O–H groups in total. The second-order valence-corrected chi connectivity index (χ2v) is 8.26. The van der Waals surface area contributed by atoms with Crippen LogP contribution in [0.2, 0.25) is 0 Å². The fourth-order valence-corrected chi connectivity index (χ4v) is 4.90. The number of hydrogen-bond acceptors (Lipinski definition) is 5. The number of nitrogens with one attached hydrogen (secondary N) is 1. The first-order valence-electron chi connectivity index (χ1n) is 9.16. The molecule has 1 amide bonds. The van der Waals surface area contributed by atoms with E-state index in [9.17, 15) is 13.2 Å². The molecular formula is C20H24N2O5S. The van der Waals surface area contributed by atoms with Crippen LogP contribution in [0, 0.1) is 0 Å². The van der Waals surface area contributed by atoms with E-state index in [4.69, 9.17) is 9.47 Å². The van der Waals surface area contributed by atoms with Crippen LogP contribution in [0.3, 0.4) is 0 Å². The van der Waals surface area contributed by atoms with Crippen LogP contribution in [0.1, 0.15) is 19.8 Å². The minimum atomic E-state index is -3.78. The van der Waals surface area contributed by atoms with E-state index in [1.165, 1.54) is 23.5 Å². The minimum absolute atomic E-state index is 0.141. The Kier molecular flexibility index (Phi) is 6.21. The Morgan fingerprint density at radius 2 is 1.89 bits per heavy atom. The van der Waals surface area contributed by atoms with Gasteiger partial charge < -0.3 is 14.8 Å². The largest absolute Gasteiger partial charge is 0.497 e. The summed E-state index contributed by atoms with van der Waals surface area (Å²) in [6.07, 6.45) is 1.10. The standard InChI is InChI=1S/C20H24N2O5S/c1-3-27-19-9-5-4-7-17(19)21-20(23)18-8-6-14-22(18)28(24,25)16-12-10-15(26-2)11-13-16/h4-5,7,9-13,18H,3,6,8,14H2,1-2H3,(H,21,23)/t18-/m0/s1. The van der Waals surface area contributed by atoms with E-state index in [2.05, 4.69) is 5.32 Å². The number of anilines is 1. The van der Waals surface area contributed by atoms with Crippen molar-refractivity contribution in [3.63, 3.8) is 0 Å². The summed E-state index contributed by atoms with van der Waals surface area (Å²) in [6.45, 7) is 2.63. The van der Waals surface area contributed by atoms with E-state index in [0.29, 0.717) is 43.2 Å². The number of rotatable bonds is 7. The van der Waals surface area contributed by atoms with E-state index in [0.717, 1.165) is 0 Å². The van der Waals surface area contributed by atoms with Gasteiger partial charge in [0.05, 0.1) is 24.3 Å². The summed E-state index contributed by atoms with van der Waals surface area (Å²) in [6, 6.07) is 12.5. The van der Waals surface area contributed by atoms with Crippen molar-refractivity contribution < 1.29 is 22.7 Å². The molecule has 0 saturated carbocycles. The molecule has 8 heteroatoms. The van der Waals surface area contributed by atoms with E-state index in [1.807, 2.05) is 13.0 Å². The summed E-state index contributed by atoms with van der Waals surface area (Å²) in [5.74, 6) is 0.768. The molecule has 3 rings (SSSR count). The minimum Gasteiger partial charge on any atom is -0.497 e. The van der Waals surface area contributed by atoms with Crippen molar-refractivity contribution in [2.45, 2.75) is 30.7 Å².